The summed E-state index contributed by atoms with van der Waals surface area (Å²) in [6, 6.07) is 11.4. The van der Waals surface area contributed by atoms with Crippen molar-refractivity contribution in [3.63, 3.8) is 0 Å². The van der Waals surface area contributed by atoms with Crippen LogP contribution in [-0.2, 0) is 6.54 Å². The summed E-state index contributed by atoms with van der Waals surface area (Å²) in [6.07, 6.45) is 5.20. The maximum atomic E-state index is 5.90. The maximum absolute atomic E-state index is 5.90. The normalized spacial score (nSPS) is 18.7. The van der Waals surface area contributed by atoms with Gasteiger partial charge in [-0.3, -0.25) is 4.90 Å². The first kappa shape index (κ1) is 19.2. The Kier molecular flexibility index (Phi) is 6.98. The molecule has 1 aromatic heterocycles. The SMILES string of the molecule is COc1cc(CN2CCCCCC2c2cccs2)ccc1OCC(C)C. The molecule has 1 saturated heterocycles. The lowest BCUT2D eigenvalue weighted by Crippen LogP contribution is -2.27. The summed E-state index contributed by atoms with van der Waals surface area (Å²) in [7, 11) is 1.72. The molecule has 26 heavy (non-hydrogen) atoms. The molecule has 0 amide bonds. The molecule has 1 aromatic carbocycles. The fraction of sp³-hybridized carbons (Fsp3) is 0.545. The number of benzene rings is 1. The molecule has 0 aliphatic carbocycles. The van der Waals surface area contributed by atoms with Crippen molar-refractivity contribution in [3.8, 4) is 11.5 Å². The smallest absolute Gasteiger partial charge is 0.161 e. The van der Waals surface area contributed by atoms with Crippen LogP contribution in [0.1, 0.15) is 56.0 Å². The van der Waals surface area contributed by atoms with E-state index in [4.69, 9.17) is 9.47 Å². The van der Waals surface area contributed by atoms with Crippen molar-refractivity contribution in [3.05, 3.63) is 46.2 Å². The molecular formula is C22H31NO2S. The monoisotopic (exact) mass is 373 g/mol. The molecule has 0 bridgehead atoms. The van der Waals surface area contributed by atoms with Crippen molar-refractivity contribution in [2.75, 3.05) is 20.3 Å². The Morgan fingerprint density at radius 2 is 2.04 bits per heavy atom. The third-order valence-corrected chi connectivity index (χ3v) is 5.89. The van der Waals surface area contributed by atoms with Gasteiger partial charge in [0.15, 0.2) is 11.5 Å². The van der Waals surface area contributed by atoms with Crippen molar-refractivity contribution in [2.24, 2.45) is 5.92 Å². The molecule has 3 nitrogen and oxygen atoms in total. The third-order valence-electron chi connectivity index (χ3n) is 4.92. The lowest BCUT2D eigenvalue weighted by atomic mass is 10.1. The number of likely N-dealkylation sites (tertiary alicyclic amines) is 1. The Bertz CT molecular complexity index is 669. The summed E-state index contributed by atoms with van der Waals surface area (Å²) in [4.78, 5) is 4.14. The number of nitrogens with zero attached hydrogens (tertiary/aromatic N) is 1. The molecule has 1 unspecified atom stereocenters. The Morgan fingerprint density at radius 1 is 1.15 bits per heavy atom. The predicted molar refractivity (Wildman–Crippen MR) is 109 cm³/mol. The molecule has 0 spiro atoms. The van der Waals surface area contributed by atoms with Crippen molar-refractivity contribution < 1.29 is 9.47 Å². The van der Waals surface area contributed by atoms with Gasteiger partial charge in [0.2, 0.25) is 0 Å². The van der Waals surface area contributed by atoms with E-state index >= 15 is 0 Å². The highest BCUT2D eigenvalue weighted by Gasteiger charge is 2.23. The number of rotatable bonds is 7. The van der Waals surface area contributed by atoms with Crippen LogP contribution >= 0.6 is 11.3 Å². The van der Waals surface area contributed by atoms with Crippen LogP contribution in [0, 0.1) is 5.92 Å². The van der Waals surface area contributed by atoms with E-state index in [-0.39, 0.29) is 0 Å². The van der Waals surface area contributed by atoms with Crippen molar-refractivity contribution >= 4 is 11.3 Å². The van der Waals surface area contributed by atoms with Crippen LogP contribution < -0.4 is 9.47 Å². The zero-order valence-electron chi connectivity index (χ0n) is 16.2. The number of thiophene rings is 1. The van der Waals surface area contributed by atoms with Gasteiger partial charge in [-0.1, -0.05) is 38.8 Å². The molecule has 2 heterocycles. The molecule has 142 valence electrons. The van der Waals surface area contributed by atoms with Crippen LogP contribution in [0.5, 0.6) is 11.5 Å². The van der Waals surface area contributed by atoms with Crippen molar-refractivity contribution in [1.29, 1.82) is 0 Å². The number of ether oxygens (including phenoxy) is 2. The van der Waals surface area contributed by atoms with E-state index in [0.717, 1.165) is 24.6 Å². The van der Waals surface area contributed by atoms with Gasteiger partial charge in [-0.05, 0) is 54.4 Å². The van der Waals surface area contributed by atoms with E-state index in [9.17, 15) is 0 Å². The first-order valence-corrected chi connectivity index (χ1v) is 10.6. The van der Waals surface area contributed by atoms with Crippen LogP contribution in [0.4, 0.5) is 0 Å². The average molecular weight is 374 g/mol. The number of methoxy groups -OCH3 is 1. The summed E-state index contributed by atoms with van der Waals surface area (Å²) < 4.78 is 11.5. The van der Waals surface area contributed by atoms with Crippen LogP contribution in [0.25, 0.3) is 0 Å². The maximum Gasteiger partial charge on any atom is 0.161 e. The molecule has 1 aliphatic rings. The summed E-state index contributed by atoms with van der Waals surface area (Å²) in [5.74, 6) is 2.18. The minimum Gasteiger partial charge on any atom is -0.493 e. The fourth-order valence-electron chi connectivity index (χ4n) is 3.58. The summed E-state index contributed by atoms with van der Waals surface area (Å²) in [6.45, 7) is 7.15. The van der Waals surface area contributed by atoms with Crippen LogP contribution in [0.2, 0.25) is 0 Å². The Labute approximate surface area is 161 Å². The second-order valence-electron chi connectivity index (χ2n) is 7.54. The van der Waals surface area contributed by atoms with E-state index < -0.39 is 0 Å². The second kappa shape index (κ2) is 9.43. The van der Waals surface area contributed by atoms with Gasteiger partial charge in [-0.15, -0.1) is 11.3 Å². The molecule has 1 fully saturated rings. The highest BCUT2D eigenvalue weighted by atomic mass is 32.1. The molecule has 0 saturated carbocycles. The summed E-state index contributed by atoms with van der Waals surface area (Å²) in [5, 5.41) is 2.20. The minimum atomic E-state index is 0.503. The summed E-state index contributed by atoms with van der Waals surface area (Å²) in [5.41, 5.74) is 1.29. The second-order valence-corrected chi connectivity index (χ2v) is 8.52. The molecule has 3 rings (SSSR count). The lowest BCUT2D eigenvalue weighted by molar-refractivity contribution is 0.195. The minimum absolute atomic E-state index is 0.503. The molecule has 1 atom stereocenters. The zero-order valence-corrected chi connectivity index (χ0v) is 17.1. The van der Waals surface area contributed by atoms with Crippen LogP contribution in [0.15, 0.2) is 35.7 Å². The van der Waals surface area contributed by atoms with E-state index in [0.29, 0.717) is 18.6 Å². The van der Waals surface area contributed by atoms with Crippen molar-refractivity contribution in [1.82, 2.24) is 4.90 Å². The van der Waals surface area contributed by atoms with E-state index in [1.807, 2.05) is 11.3 Å². The van der Waals surface area contributed by atoms with Gasteiger partial charge in [0, 0.05) is 17.5 Å². The predicted octanol–water partition coefficient (Wildman–Crippen LogP) is 5.91. The van der Waals surface area contributed by atoms with Gasteiger partial charge >= 0.3 is 0 Å². The topological polar surface area (TPSA) is 21.7 Å². The van der Waals surface area contributed by atoms with Gasteiger partial charge in [0.05, 0.1) is 13.7 Å². The van der Waals surface area contributed by atoms with E-state index in [1.165, 1.54) is 36.1 Å². The van der Waals surface area contributed by atoms with Gasteiger partial charge in [-0.2, -0.15) is 0 Å². The first-order chi connectivity index (χ1) is 12.7. The largest absolute Gasteiger partial charge is 0.493 e. The Morgan fingerprint density at radius 3 is 2.77 bits per heavy atom. The van der Waals surface area contributed by atoms with E-state index in [1.54, 1.807) is 7.11 Å². The van der Waals surface area contributed by atoms with Gasteiger partial charge < -0.3 is 9.47 Å². The molecule has 4 heteroatoms. The Hall–Kier alpha value is -1.52. The standard InChI is InChI=1S/C22H31NO2S/c1-17(2)16-25-20-11-10-18(14-21(20)24-3)15-23-12-6-4-5-8-19(23)22-9-7-13-26-22/h7,9-11,13-14,17,19H,4-6,8,12,15-16H2,1-3H3. The molecule has 0 radical (unpaired) electrons. The highest BCUT2D eigenvalue weighted by molar-refractivity contribution is 7.10. The van der Waals surface area contributed by atoms with E-state index in [2.05, 4.69) is 54.5 Å². The van der Waals surface area contributed by atoms with Crippen molar-refractivity contribution in [2.45, 2.75) is 52.1 Å². The molecule has 0 N–H and O–H groups in total. The van der Waals surface area contributed by atoms with Gasteiger partial charge in [0.25, 0.3) is 0 Å². The summed E-state index contributed by atoms with van der Waals surface area (Å²) >= 11 is 1.89. The lowest BCUT2D eigenvalue weighted by Gasteiger charge is -2.29. The third kappa shape index (κ3) is 5.01. The average Bonchev–Trinajstić information content (AvgIpc) is 3.07. The number of hydrogen-bond acceptors (Lipinski definition) is 4. The van der Waals surface area contributed by atoms with Gasteiger partial charge in [0.1, 0.15) is 0 Å². The van der Waals surface area contributed by atoms with Crippen LogP contribution in [-0.4, -0.2) is 25.2 Å². The first-order valence-electron chi connectivity index (χ1n) is 9.74. The van der Waals surface area contributed by atoms with Gasteiger partial charge in [-0.25, -0.2) is 0 Å². The molecular weight excluding hydrogens is 342 g/mol. The number of hydrogen-bond donors (Lipinski definition) is 0. The quantitative estimate of drug-likeness (QED) is 0.602. The van der Waals surface area contributed by atoms with Crippen LogP contribution in [0.3, 0.4) is 0 Å². The highest BCUT2D eigenvalue weighted by Crippen LogP contribution is 2.35. The fourth-order valence-corrected chi connectivity index (χ4v) is 4.48. The Balaban J connectivity index is 1.75. The molecule has 2 aromatic rings. The zero-order chi connectivity index (χ0) is 18.4. The molecule has 1 aliphatic heterocycles.